The highest BCUT2D eigenvalue weighted by molar-refractivity contribution is 7.87. The number of esters is 1. The molecule has 0 aliphatic carbocycles. The van der Waals surface area contributed by atoms with Crippen LogP contribution in [0.4, 0.5) is 0 Å². The first-order valence-corrected chi connectivity index (χ1v) is 6.82. The number of nitrogens with zero attached hydrogens (tertiary/aromatic N) is 1. The third kappa shape index (κ3) is 5.43. The molecule has 0 heterocycles. The van der Waals surface area contributed by atoms with E-state index in [0.29, 0.717) is 19.7 Å². The number of carbonyl (C=O) groups excluding carboxylic acids is 1. The Hall–Kier alpha value is -0.660. The van der Waals surface area contributed by atoms with Gasteiger partial charge in [0.05, 0.1) is 13.0 Å². The minimum Gasteiger partial charge on any atom is -0.466 e. The lowest BCUT2D eigenvalue weighted by molar-refractivity contribution is -0.142. The van der Waals surface area contributed by atoms with Gasteiger partial charge < -0.3 is 4.74 Å². The Morgan fingerprint density at radius 2 is 1.81 bits per heavy atom. The molecule has 7 heteroatoms. The van der Waals surface area contributed by atoms with Crippen LogP contribution in [0, 0.1) is 0 Å². The molecule has 6 nitrogen and oxygen atoms in total. The number of ether oxygens (including phenoxy) is 1. The highest BCUT2D eigenvalue weighted by Crippen LogP contribution is 1.96. The number of hydrogen-bond acceptors (Lipinski definition) is 4. The van der Waals surface area contributed by atoms with E-state index in [4.69, 9.17) is 0 Å². The molecule has 96 valence electrons. The van der Waals surface area contributed by atoms with Gasteiger partial charge in [-0.1, -0.05) is 13.8 Å². The van der Waals surface area contributed by atoms with E-state index in [9.17, 15) is 13.2 Å². The van der Waals surface area contributed by atoms with E-state index in [1.807, 2.05) is 0 Å². The van der Waals surface area contributed by atoms with Gasteiger partial charge >= 0.3 is 5.97 Å². The maximum atomic E-state index is 11.6. The molecule has 0 saturated heterocycles. The van der Waals surface area contributed by atoms with Gasteiger partial charge in [-0.3, -0.25) is 4.79 Å². The quantitative estimate of drug-likeness (QED) is 0.622. The van der Waals surface area contributed by atoms with Crippen LogP contribution in [0.1, 0.15) is 27.2 Å². The molecule has 0 spiro atoms. The summed E-state index contributed by atoms with van der Waals surface area (Å²) in [5, 5.41) is 0. The summed E-state index contributed by atoms with van der Waals surface area (Å²) in [4.78, 5) is 11.0. The van der Waals surface area contributed by atoms with Crippen LogP contribution in [-0.4, -0.2) is 44.9 Å². The summed E-state index contributed by atoms with van der Waals surface area (Å²) in [6.45, 7) is 6.41. The standard InChI is InChI=1S/C9H20N2O4S/c1-4-11(5-2)16(13,14)10-8-7-9(12)15-6-3/h10H,4-8H2,1-3H3. The SMILES string of the molecule is CCOC(=O)CCNS(=O)(=O)N(CC)CC. The van der Waals surface area contributed by atoms with E-state index >= 15 is 0 Å². The molecule has 0 fully saturated rings. The van der Waals surface area contributed by atoms with Crippen molar-refractivity contribution in [2.24, 2.45) is 0 Å². The first-order valence-electron chi connectivity index (χ1n) is 5.38. The van der Waals surface area contributed by atoms with E-state index < -0.39 is 16.2 Å². The van der Waals surface area contributed by atoms with Gasteiger partial charge in [0.25, 0.3) is 10.2 Å². The molecule has 0 aromatic carbocycles. The Morgan fingerprint density at radius 1 is 1.25 bits per heavy atom. The molecule has 16 heavy (non-hydrogen) atoms. The van der Waals surface area contributed by atoms with Crippen molar-refractivity contribution >= 4 is 16.2 Å². The van der Waals surface area contributed by atoms with Crippen LogP contribution >= 0.6 is 0 Å². The molecule has 0 aromatic heterocycles. The van der Waals surface area contributed by atoms with Crippen molar-refractivity contribution in [1.29, 1.82) is 0 Å². The average Bonchev–Trinajstić information content (AvgIpc) is 2.19. The van der Waals surface area contributed by atoms with Crippen molar-refractivity contribution in [3.63, 3.8) is 0 Å². The van der Waals surface area contributed by atoms with E-state index in [0.717, 1.165) is 0 Å². The van der Waals surface area contributed by atoms with Crippen LogP contribution in [0.5, 0.6) is 0 Å². The first kappa shape index (κ1) is 15.3. The maximum absolute atomic E-state index is 11.6. The maximum Gasteiger partial charge on any atom is 0.307 e. The van der Waals surface area contributed by atoms with Gasteiger partial charge in [-0.25, -0.2) is 4.72 Å². The van der Waals surface area contributed by atoms with Crippen LogP contribution in [-0.2, 0) is 19.7 Å². The average molecular weight is 252 g/mol. The van der Waals surface area contributed by atoms with Crippen molar-refractivity contribution in [2.45, 2.75) is 27.2 Å². The topological polar surface area (TPSA) is 75.7 Å². The van der Waals surface area contributed by atoms with E-state index in [1.165, 1.54) is 4.31 Å². The van der Waals surface area contributed by atoms with Gasteiger partial charge in [-0.05, 0) is 6.92 Å². The minimum absolute atomic E-state index is 0.0499. The molecule has 1 N–H and O–H groups in total. The molecule has 0 aliphatic rings. The normalized spacial score (nSPS) is 11.8. The van der Waals surface area contributed by atoms with Crippen molar-refractivity contribution in [2.75, 3.05) is 26.2 Å². The lowest BCUT2D eigenvalue weighted by Crippen LogP contribution is -2.41. The van der Waals surface area contributed by atoms with E-state index in [2.05, 4.69) is 9.46 Å². The van der Waals surface area contributed by atoms with Gasteiger partial charge in [0.15, 0.2) is 0 Å². The molecule has 0 radical (unpaired) electrons. The summed E-state index contributed by atoms with van der Waals surface area (Å²) in [7, 11) is -3.46. The van der Waals surface area contributed by atoms with Gasteiger partial charge in [0.2, 0.25) is 0 Å². The molecule has 0 amide bonds. The monoisotopic (exact) mass is 252 g/mol. The molecule has 0 bridgehead atoms. The Labute approximate surface area is 97.1 Å². The molecule has 0 rings (SSSR count). The predicted molar refractivity (Wildman–Crippen MR) is 61.1 cm³/mol. The van der Waals surface area contributed by atoms with Gasteiger partial charge in [-0.2, -0.15) is 12.7 Å². The fourth-order valence-electron chi connectivity index (χ4n) is 1.17. The summed E-state index contributed by atoms with van der Waals surface area (Å²) < 4.78 is 31.5. The summed E-state index contributed by atoms with van der Waals surface area (Å²) in [5.74, 6) is -0.398. The highest BCUT2D eigenvalue weighted by Gasteiger charge is 2.17. The molecule has 0 unspecified atom stereocenters. The number of rotatable bonds is 8. The molecule has 0 aliphatic heterocycles. The second-order valence-corrected chi connectivity index (χ2v) is 4.79. The van der Waals surface area contributed by atoms with Crippen molar-refractivity contribution in [3.05, 3.63) is 0 Å². The second-order valence-electron chi connectivity index (χ2n) is 3.04. The van der Waals surface area contributed by atoms with Crippen molar-refractivity contribution in [1.82, 2.24) is 9.03 Å². The fraction of sp³-hybridized carbons (Fsp3) is 0.889. The number of hydrogen-bond donors (Lipinski definition) is 1. The zero-order chi connectivity index (χ0) is 12.6. The largest absolute Gasteiger partial charge is 0.466 e. The number of nitrogens with one attached hydrogen (secondary N) is 1. The Morgan fingerprint density at radius 3 is 2.25 bits per heavy atom. The highest BCUT2D eigenvalue weighted by atomic mass is 32.2. The van der Waals surface area contributed by atoms with E-state index in [1.54, 1.807) is 20.8 Å². The zero-order valence-electron chi connectivity index (χ0n) is 10.0. The summed E-state index contributed by atoms with van der Waals surface area (Å²) >= 11 is 0. The molecular weight excluding hydrogens is 232 g/mol. The van der Waals surface area contributed by atoms with Crippen molar-refractivity contribution < 1.29 is 17.9 Å². The first-order chi connectivity index (χ1) is 7.47. The lowest BCUT2D eigenvalue weighted by atomic mass is 10.4. The van der Waals surface area contributed by atoms with Crippen LogP contribution < -0.4 is 4.72 Å². The molecule has 0 saturated carbocycles. The summed E-state index contributed by atoms with van der Waals surface area (Å²) in [6.07, 6.45) is 0.0499. The summed E-state index contributed by atoms with van der Waals surface area (Å²) in [5.41, 5.74) is 0. The Balaban J connectivity index is 4.05. The van der Waals surface area contributed by atoms with E-state index in [-0.39, 0.29) is 13.0 Å². The number of carbonyl (C=O) groups is 1. The van der Waals surface area contributed by atoms with Gasteiger partial charge in [0.1, 0.15) is 0 Å². The predicted octanol–water partition coefficient (Wildman–Crippen LogP) is 0.116. The van der Waals surface area contributed by atoms with Gasteiger partial charge in [0, 0.05) is 19.6 Å². The molecule has 0 atom stereocenters. The molecular formula is C9H20N2O4S. The molecule has 0 aromatic rings. The van der Waals surface area contributed by atoms with Crippen LogP contribution in [0.15, 0.2) is 0 Å². The van der Waals surface area contributed by atoms with Crippen LogP contribution in [0.2, 0.25) is 0 Å². The summed E-state index contributed by atoms with van der Waals surface area (Å²) in [6, 6.07) is 0. The third-order valence-corrected chi connectivity index (χ3v) is 3.73. The lowest BCUT2D eigenvalue weighted by Gasteiger charge is -2.18. The fourth-order valence-corrected chi connectivity index (χ4v) is 2.39. The third-order valence-electron chi connectivity index (χ3n) is 1.96. The minimum atomic E-state index is -3.46. The smallest absolute Gasteiger partial charge is 0.307 e. The Bertz CT molecular complexity index is 299. The second kappa shape index (κ2) is 7.59. The zero-order valence-corrected chi connectivity index (χ0v) is 10.8. The van der Waals surface area contributed by atoms with Crippen LogP contribution in [0.3, 0.4) is 0 Å². The van der Waals surface area contributed by atoms with Crippen molar-refractivity contribution in [3.8, 4) is 0 Å². The Kier molecular flexibility index (Phi) is 7.27. The van der Waals surface area contributed by atoms with Gasteiger partial charge in [-0.15, -0.1) is 0 Å². The van der Waals surface area contributed by atoms with Crippen LogP contribution in [0.25, 0.3) is 0 Å².